The average molecular weight is 320 g/mol. The van der Waals surface area contributed by atoms with Crippen molar-refractivity contribution >= 4 is 11.8 Å². The number of aryl methyl sites for hydroxylation is 2. The molecule has 0 saturated heterocycles. The van der Waals surface area contributed by atoms with E-state index in [4.69, 9.17) is 0 Å². The monoisotopic (exact) mass is 320 g/mol. The molecule has 6 heteroatoms. The number of rotatable bonds is 4. The first-order valence-electron chi connectivity index (χ1n) is 7.07. The van der Waals surface area contributed by atoms with Crippen LogP contribution in [0, 0.1) is 13.8 Å². The van der Waals surface area contributed by atoms with Gasteiger partial charge in [0.1, 0.15) is 6.73 Å². The molecule has 1 heterocycles. The second kappa shape index (κ2) is 6.54. The van der Waals surface area contributed by atoms with E-state index < -0.39 is 18.0 Å². The van der Waals surface area contributed by atoms with Gasteiger partial charge in [-0.25, -0.2) is 4.79 Å². The Balaban J connectivity index is 2.67. The van der Waals surface area contributed by atoms with Gasteiger partial charge >= 0.3 is 5.69 Å². The van der Waals surface area contributed by atoms with Gasteiger partial charge in [-0.3, -0.25) is 14.3 Å². The molecule has 1 aromatic heterocycles. The van der Waals surface area contributed by atoms with Gasteiger partial charge in [0.2, 0.25) is 0 Å². The molecule has 2 aromatic rings. The van der Waals surface area contributed by atoms with Gasteiger partial charge in [0.25, 0.3) is 5.56 Å². The summed E-state index contributed by atoms with van der Waals surface area (Å²) < 4.78 is 1.19. The van der Waals surface area contributed by atoms with E-state index in [2.05, 4.69) is 11.1 Å². The van der Waals surface area contributed by atoms with Crippen LogP contribution in [0.2, 0.25) is 0 Å². The van der Waals surface area contributed by atoms with Crippen LogP contribution < -0.4 is 11.2 Å². The van der Waals surface area contributed by atoms with Crippen molar-refractivity contribution < 1.29 is 5.11 Å². The zero-order chi connectivity index (χ0) is 16.4. The van der Waals surface area contributed by atoms with Gasteiger partial charge in [-0.05, 0) is 43.0 Å². The summed E-state index contributed by atoms with van der Waals surface area (Å²) in [5, 5.41) is 10.0. The number of H-pyrrole nitrogens is 1. The molecule has 0 saturated carbocycles. The van der Waals surface area contributed by atoms with Crippen LogP contribution in [0.15, 0.2) is 37.7 Å². The maximum Gasteiger partial charge on any atom is 0.331 e. The van der Waals surface area contributed by atoms with Crippen molar-refractivity contribution in [3.63, 3.8) is 0 Å². The molecule has 0 aliphatic heterocycles. The summed E-state index contributed by atoms with van der Waals surface area (Å²) in [5.74, 6) is -0.0597. The van der Waals surface area contributed by atoms with Crippen LogP contribution in [-0.4, -0.2) is 14.7 Å². The van der Waals surface area contributed by atoms with Gasteiger partial charge in [0, 0.05) is 4.90 Å². The van der Waals surface area contributed by atoms with E-state index in [1.54, 1.807) is 0 Å². The van der Waals surface area contributed by atoms with E-state index in [0.717, 1.165) is 16.0 Å². The topological polar surface area (TPSA) is 75.1 Å². The average Bonchev–Trinajstić information content (AvgIpc) is 2.36. The third kappa shape index (κ3) is 3.34. The number of nitrogens with one attached hydrogen (secondary N) is 1. The number of aromatic nitrogens is 2. The lowest BCUT2D eigenvalue weighted by Gasteiger charge is -2.16. The molecule has 0 aliphatic carbocycles. The van der Waals surface area contributed by atoms with Crippen LogP contribution in [0.1, 0.15) is 36.5 Å². The minimum atomic E-state index is -0.594. The zero-order valence-electron chi connectivity index (χ0n) is 13.1. The molecule has 0 aliphatic rings. The molecular weight excluding hydrogens is 300 g/mol. The fourth-order valence-electron chi connectivity index (χ4n) is 2.42. The normalized spacial score (nSPS) is 11.2. The number of aliphatic hydroxyl groups is 1. The number of benzene rings is 1. The fourth-order valence-corrected chi connectivity index (χ4v) is 3.82. The molecule has 0 spiro atoms. The van der Waals surface area contributed by atoms with Gasteiger partial charge in [-0.1, -0.05) is 31.7 Å². The molecule has 118 valence electrons. The lowest BCUT2D eigenvalue weighted by atomic mass is 10.1. The van der Waals surface area contributed by atoms with E-state index in [0.29, 0.717) is 10.6 Å². The Bertz CT molecular complexity index is 786. The van der Waals surface area contributed by atoms with Gasteiger partial charge in [0.15, 0.2) is 0 Å². The molecule has 0 radical (unpaired) electrons. The van der Waals surface area contributed by atoms with Crippen molar-refractivity contribution in [1.29, 1.82) is 0 Å². The number of aliphatic hydroxyl groups excluding tert-OH is 1. The van der Waals surface area contributed by atoms with E-state index in [-0.39, 0.29) is 5.92 Å². The van der Waals surface area contributed by atoms with Crippen LogP contribution in [0.4, 0.5) is 0 Å². The predicted octanol–water partition coefficient (Wildman–Crippen LogP) is 2.38. The number of hydrogen-bond acceptors (Lipinski definition) is 4. The molecule has 0 bridgehead atoms. The highest BCUT2D eigenvalue weighted by Crippen LogP contribution is 2.32. The maximum atomic E-state index is 12.1. The van der Waals surface area contributed by atoms with Crippen molar-refractivity contribution in [1.82, 2.24) is 9.55 Å². The molecule has 0 amide bonds. The Labute approximate surface area is 133 Å². The quantitative estimate of drug-likeness (QED) is 0.848. The Hall–Kier alpha value is -1.79. The largest absolute Gasteiger partial charge is 0.376 e. The molecule has 0 fully saturated rings. The van der Waals surface area contributed by atoms with E-state index in [1.165, 1.54) is 16.3 Å². The number of hydrogen-bond donors (Lipinski definition) is 2. The summed E-state index contributed by atoms with van der Waals surface area (Å²) in [4.78, 5) is 27.3. The molecule has 2 rings (SSSR count). The Kier molecular flexibility index (Phi) is 4.93. The minimum absolute atomic E-state index is 0.0597. The fraction of sp³-hybridized carbons (Fsp3) is 0.375. The van der Waals surface area contributed by atoms with Gasteiger partial charge in [-0.15, -0.1) is 0 Å². The summed E-state index contributed by atoms with van der Waals surface area (Å²) in [6.45, 7) is 7.31. The Morgan fingerprint density at radius 3 is 2.27 bits per heavy atom. The van der Waals surface area contributed by atoms with Gasteiger partial charge < -0.3 is 5.11 Å². The first-order valence-corrected chi connectivity index (χ1v) is 7.89. The highest BCUT2D eigenvalue weighted by atomic mass is 32.2. The SMILES string of the molecule is Cc1cc(C)cc(Sc2c(C(C)C)c(=O)[nH]c(=O)n2CO)c1. The molecule has 0 atom stereocenters. The van der Waals surface area contributed by atoms with Crippen LogP contribution in [0.3, 0.4) is 0 Å². The van der Waals surface area contributed by atoms with Crippen LogP contribution in [0.5, 0.6) is 0 Å². The van der Waals surface area contributed by atoms with Crippen molar-refractivity contribution in [2.24, 2.45) is 0 Å². The second-order valence-corrected chi connectivity index (χ2v) is 6.69. The smallest absolute Gasteiger partial charge is 0.331 e. The maximum absolute atomic E-state index is 12.1. The predicted molar refractivity (Wildman–Crippen MR) is 87.7 cm³/mol. The number of nitrogens with zero attached hydrogens (tertiary/aromatic N) is 1. The highest BCUT2D eigenvalue weighted by molar-refractivity contribution is 7.99. The Morgan fingerprint density at radius 2 is 1.77 bits per heavy atom. The van der Waals surface area contributed by atoms with Crippen LogP contribution in [-0.2, 0) is 6.73 Å². The summed E-state index contributed by atoms with van der Waals surface area (Å²) in [6, 6.07) is 6.05. The third-order valence-electron chi connectivity index (χ3n) is 3.31. The molecular formula is C16H20N2O3S. The second-order valence-electron chi connectivity index (χ2n) is 5.63. The summed E-state index contributed by atoms with van der Waals surface area (Å²) in [5.41, 5.74) is 1.74. The van der Waals surface area contributed by atoms with Crippen LogP contribution in [0.25, 0.3) is 0 Å². The zero-order valence-corrected chi connectivity index (χ0v) is 14.0. The van der Waals surface area contributed by atoms with E-state index in [9.17, 15) is 14.7 Å². The molecule has 1 aromatic carbocycles. The van der Waals surface area contributed by atoms with Crippen molar-refractivity contribution in [3.8, 4) is 0 Å². The van der Waals surface area contributed by atoms with Crippen molar-refractivity contribution in [2.75, 3.05) is 0 Å². The standard InChI is InChI=1S/C16H20N2O3S/c1-9(2)13-14(20)17-16(21)18(8-19)15(13)22-12-6-10(3)5-11(4)7-12/h5-7,9,19H,8H2,1-4H3,(H,17,20,21). The van der Waals surface area contributed by atoms with Crippen molar-refractivity contribution in [3.05, 3.63) is 55.7 Å². The Morgan fingerprint density at radius 1 is 1.18 bits per heavy atom. The van der Waals surface area contributed by atoms with Crippen molar-refractivity contribution in [2.45, 2.75) is 50.3 Å². The lowest BCUT2D eigenvalue weighted by Crippen LogP contribution is -2.34. The molecule has 0 unspecified atom stereocenters. The lowest BCUT2D eigenvalue weighted by molar-refractivity contribution is 0.192. The van der Waals surface area contributed by atoms with Gasteiger partial charge in [-0.2, -0.15) is 0 Å². The van der Waals surface area contributed by atoms with Gasteiger partial charge in [0.05, 0.1) is 10.6 Å². The minimum Gasteiger partial charge on any atom is -0.376 e. The molecule has 2 N–H and O–H groups in total. The summed E-state index contributed by atoms with van der Waals surface area (Å²) >= 11 is 1.33. The molecule has 5 nitrogen and oxygen atoms in total. The molecule has 22 heavy (non-hydrogen) atoms. The van der Waals surface area contributed by atoms with E-state index in [1.807, 2.05) is 39.8 Å². The summed E-state index contributed by atoms with van der Waals surface area (Å²) in [7, 11) is 0. The van der Waals surface area contributed by atoms with E-state index >= 15 is 0 Å². The third-order valence-corrected chi connectivity index (χ3v) is 4.42. The first-order chi connectivity index (χ1) is 10.3. The highest BCUT2D eigenvalue weighted by Gasteiger charge is 2.18. The number of aromatic amines is 1. The van der Waals surface area contributed by atoms with Crippen LogP contribution >= 0.6 is 11.8 Å². The first kappa shape index (κ1) is 16.6. The summed E-state index contributed by atoms with van der Waals surface area (Å²) in [6.07, 6.45) is 0.